The van der Waals surface area contributed by atoms with Crippen molar-refractivity contribution in [2.75, 3.05) is 5.32 Å². The Labute approximate surface area is 139 Å². The van der Waals surface area contributed by atoms with Crippen molar-refractivity contribution < 1.29 is 9.18 Å². The summed E-state index contributed by atoms with van der Waals surface area (Å²) in [6.07, 6.45) is 0. The zero-order valence-electron chi connectivity index (χ0n) is 12.0. The summed E-state index contributed by atoms with van der Waals surface area (Å²) in [5.41, 5.74) is 1.48. The molecular weight excluding hydrogens is 365 g/mol. The largest absolute Gasteiger partial charge is 0.322 e. The van der Waals surface area contributed by atoms with Crippen LogP contribution < -0.4 is 5.32 Å². The standard InChI is InChI=1S/C15H11BrFN5O/c1-9-19-20-21-22(9)12-4-2-3-11(8-12)18-15(23)13-7-10(17)5-6-14(13)16/h2-8H,1H3,(H,18,23). The van der Waals surface area contributed by atoms with Crippen LogP contribution in [0.4, 0.5) is 10.1 Å². The lowest BCUT2D eigenvalue weighted by molar-refractivity contribution is 0.102. The minimum Gasteiger partial charge on any atom is -0.322 e. The van der Waals surface area contributed by atoms with Crippen LogP contribution in [0.1, 0.15) is 16.2 Å². The van der Waals surface area contributed by atoms with Crippen LogP contribution in [0, 0.1) is 12.7 Å². The maximum absolute atomic E-state index is 13.3. The molecule has 0 aliphatic heterocycles. The molecule has 0 radical (unpaired) electrons. The highest BCUT2D eigenvalue weighted by Gasteiger charge is 2.12. The number of carbonyl (C=O) groups is 1. The average Bonchev–Trinajstić information content (AvgIpc) is 2.96. The third-order valence-corrected chi connectivity index (χ3v) is 3.84. The third kappa shape index (κ3) is 3.26. The number of halogens is 2. The molecule has 0 spiro atoms. The summed E-state index contributed by atoms with van der Waals surface area (Å²) in [5, 5.41) is 14.0. The Balaban J connectivity index is 1.87. The highest BCUT2D eigenvalue weighted by atomic mass is 79.9. The van der Waals surface area contributed by atoms with E-state index in [0.29, 0.717) is 21.7 Å². The number of carbonyl (C=O) groups excluding carboxylic acids is 1. The van der Waals surface area contributed by atoms with Crippen LogP contribution in [-0.4, -0.2) is 26.1 Å². The molecule has 0 saturated carbocycles. The van der Waals surface area contributed by atoms with Crippen molar-refractivity contribution >= 4 is 27.5 Å². The Morgan fingerprint density at radius 1 is 1.26 bits per heavy atom. The molecule has 2 aromatic carbocycles. The van der Waals surface area contributed by atoms with Gasteiger partial charge < -0.3 is 5.32 Å². The molecule has 116 valence electrons. The van der Waals surface area contributed by atoms with Crippen molar-refractivity contribution in [2.24, 2.45) is 0 Å². The van der Waals surface area contributed by atoms with Gasteiger partial charge in [-0.15, -0.1) is 5.10 Å². The second kappa shape index (κ2) is 6.25. The first-order chi connectivity index (χ1) is 11.0. The van der Waals surface area contributed by atoms with Crippen molar-refractivity contribution in [1.29, 1.82) is 0 Å². The number of anilines is 1. The number of amides is 1. The summed E-state index contributed by atoms with van der Waals surface area (Å²) in [4.78, 5) is 12.3. The van der Waals surface area contributed by atoms with Gasteiger partial charge in [0.25, 0.3) is 5.91 Å². The van der Waals surface area contributed by atoms with Crippen LogP contribution in [0.5, 0.6) is 0 Å². The molecule has 6 nitrogen and oxygen atoms in total. The van der Waals surface area contributed by atoms with Crippen molar-refractivity contribution in [1.82, 2.24) is 20.2 Å². The Hall–Kier alpha value is -2.61. The number of benzene rings is 2. The summed E-state index contributed by atoms with van der Waals surface area (Å²) >= 11 is 3.24. The lowest BCUT2D eigenvalue weighted by Crippen LogP contribution is -2.13. The van der Waals surface area contributed by atoms with Gasteiger partial charge in [0, 0.05) is 10.2 Å². The minimum absolute atomic E-state index is 0.217. The Kier molecular flexibility index (Phi) is 4.16. The van der Waals surface area contributed by atoms with Crippen molar-refractivity contribution in [3.8, 4) is 5.69 Å². The summed E-state index contributed by atoms with van der Waals surface area (Å²) in [6, 6.07) is 11.0. The van der Waals surface area contributed by atoms with Gasteiger partial charge in [-0.25, -0.2) is 4.39 Å². The van der Waals surface area contributed by atoms with E-state index in [0.717, 1.165) is 0 Å². The number of nitrogens with zero attached hydrogens (tertiary/aromatic N) is 4. The molecule has 0 fully saturated rings. The molecule has 23 heavy (non-hydrogen) atoms. The van der Waals surface area contributed by atoms with E-state index >= 15 is 0 Å². The molecule has 8 heteroatoms. The van der Waals surface area contributed by atoms with E-state index in [1.165, 1.54) is 18.2 Å². The second-order valence-electron chi connectivity index (χ2n) is 4.77. The van der Waals surface area contributed by atoms with E-state index in [4.69, 9.17) is 0 Å². The van der Waals surface area contributed by atoms with E-state index in [9.17, 15) is 9.18 Å². The van der Waals surface area contributed by atoms with E-state index in [-0.39, 0.29) is 5.56 Å². The average molecular weight is 376 g/mol. The first kappa shape index (κ1) is 15.3. The maximum atomic E-state index is 13.3. The number of hydrogen-bond donors (Lipinski definition) is 1. The first-order valence-corrected chi connectivity index (χ1v) is 7.46. The molecule has 0 atom stereocenters. The fraction of sp³-hybridized carbons (Fsp3) is 0.0667. The van der Waals surface area contributed by atoms with E-state index in [2.05, 4.69) is 36.8 Å². The molecule has 1 aromatic heterocycles. The van der Waals surface area contributed by atoms with Crippen LogP contribution in [0.25, 0.3) is 5.69 Å². The minimum atomic E-state index is -0.476. The highest BCUT2D eigenvalue weighted by Crippen LogP contribution is 2.20. The van der Waals surface area contributed by atoms with Crippen LogP contribution in [0.2, 0.25) is 0 Å². The van der Waals surface area contributed by atoms with Gasteiger partial charge in [0.1, 0.15) is 5.82 Å². The molecule has 0 bridgehead atoms. The van der Waals surface area contributed by atoms with Gasteiger partial charge in [0.05, 0.1) is 11.3 Å². The first-order valence-electron chi connectivity index (χ1n) is 6.66. The Morgan fingerprint density at radius 2 is 2.09 bits per heavy atom. The topological polar surface area (TPSA) is 72.7 Å². The van der Waals surface area contributed by atoms with Gasteiger partial charge >= 0.3 is 0 Å². The summed E-state index contributed by atoms with van der Waals surface area (Å²) in [6.45, 7) is 1.77. The van der Waals surface area contributed by atoms with Crippen molar-refractivity contribution in [2.45, 2.75) is 6.92 Å². The monoisotopic (exact) mass is 375 g/mol. The van der Waals surface area contributed by atoms with Gasteiger partial charge in [-0.3, -0.25) is 4.79 Å². The fourth-order valence-corrected chi connectivity index (χ4v) is 2.48. The second-order valence-corrected chi connectivity index (χ2v) is 5.62. The molecule has 3 rings (SSSR count). The lowest BCUT2D eigenvalue weighted by atomic mass is 10.2. The summed E-state index contributed by atoms with van der Waals surface area (Å²) < 4.78 is 15.4. The predicted octanol–water partition coefficient (Wildman–Crippen LogP) is 3.12. The predicted molar refractivity (Wildman–Crippen MR) is 85.9 cm³/mol. The highest BCUT2D eigenvalue weighted by molar-refractivity contribution is 9.10. The smallest absolute Gasteiger partial charge is 0.256 e. The van der Waals surface area contributed by atoms with Gasteiger partial charge in [-0.2, -0.15) is 4.68 Å². The number of aromatic nitrogens is 4. The van der Waals surface area contributed by atoms with Crippen molar-refractivity contribution in [3.05, 3.63) is 64.1 Å². The van der Waals surface area contributed by atoms with Crippen LogP contribution in [-0.2, 0) is 0 Å². The molecule has 0 unspecified atom stereocenters. The molecule has 3 aromatic rings. The Bertz CT molecular complexity index is 880. The van der Waals surface area contributed by atoms with Crippen LogP contribution in [0.3, 0.4) is 0 Å². The molecule has 1 amide bonds. The molecule has 1 N–H and O–H groups in total. The van der Waals surface area contributed by atoms with Gasteiger partial charge in [-0.05, 0) is 69.7 Å². The van der Waals surface area contributed by atoms with Crippen LogP contribution in [0.15, 0.2) is 46.9 Å². The molecule has 0 aliphatic rings. The third-order valence-electron chi connectivity index (χ3n) is 3.15. The summed E-state index contributed by atoms with van der Waals surface area (Å²) in [5.74, 6) is -0.264. The van der Waals surface area contributed by atoms with Crippen LogP contribution >= 0.6 is 15.9 Å². The van der Waals surface area contributed by atoms with Crippen molar-refractivity contribution in [3.63, 3.8) is 0 Å². The van der Waals surface area contributed by atoms with E-state index < -0.39 is 11.7 Å². The lowest BCUT2D eigenvalue weighted by Gasteiger charge is -2.09. The normalized spacial score (nSPS) is 10.6. The van der Waals surface area contributed by atoms with Gasteiger partial charge in [0.2, 0.25) is 0 Å². The number of rotatable bonds is 3. The van der Waals surface area contributed by atoms with E-state index in [1.54, 1.807) is 29.8 Å². The maximum Gasteiger partial charge on any atom is 0.256 e. The molecular formula is C15H11BrFN5O. The summed E-state index contributed by atoms with van der Waals surface area (Å²) in [7, 11) is 0. The SMILES string of the molecule is Cc1nnnn1-c1cccc(NC(=O)c2cc(F)ccc2Br)c1. The van der Waals surface area contributed by atoms with Gasteiger partial charge in [0.15, 0.2) is 5.82 Å². The molecule has 0 aliphatic carbocycles. The fourth-order valence-electron chi connectivity index (χ4n) is 2.06. The molecule has 0 saturated heterocycles. The Morgan fingerprint density at radius 3 is 2.83 bits per heavy atom. The molecule has 1 heterocycles. The number of tetrazole rings is 1. The number of hydrogen-bond acceptors (Lipinski definition) is 4. The quantitative estimate of drug-likeness (QED) is 0.763. The number of nitrogens with one attached hydrogen (secondary N) is 1. The zero-order valence-corrected chi connectivity index (χ0v) is 13.6. The van der Waals surface area contributed by atoms with E-state index in [1.807, 2.05) is 6.07 Å². The number of aryl methyl sites for hydroxylation is 1. The van der Waals surface area contributed by atoms with Gasteiger partial charge in [-0.1, -0.05) is 6.07 Å². The zero-order chi connectivity index (χ0) is 16.4.